The van der Waals surface area contributed by atoms with E-state index in [0.717, 1.165) is 21.8 Å². The molecule has 0 aromatic carbocycles. The zero-order valence-electron chi connectivity index (χ0n) is 14.4. The van der Waals surface area contributed by atoms with Gasteiger partial charge in [-0.05, 0) is 45.4 Å². The Kier molecular flexibility index (Phi) is 4.83. The van der Waals surface area contributed by atoms with E-state index in [4.69, 9.17) is 4.74 Å². The highest BCUT2D eigenvalue weighted by Gasteiger charge is 2.32. The summed E-state index contributed by atoms with van der Waals surface area (Å²) in [5.41, 5.74) is 3.03. The van der Waals surface area contributed by atoms with Gasteiger partial charge in [0.05, 0.1) is 24.9 Å². The summed E-state index contributed by atoms with van der Waals surface area (Å²) in [4.78, 5) is 1.04. The summed E-state index contributed by atoms with van der Waals surface area (Å²) in [6.07, 6.45) is -0.186. The van der Waals surface area contributed by atoms with E-state index >= 15 is 0 Å². The Morgan fingerprint density at radius 2 is 2.04 bits per heavy atom. The van der Waals surface area contributed by atoms with Gasteiger partial charge in [0, 0.05) is 23.7 Å². The molecule has 0 N–H and O–H groups in total. The highest BCUT2D eigenvalue weighted by atomic mass is 32.2. The quantitative estimate of drug-likeness (QED) is 0.829. The fraction of sp³-hybridized carbons (Fsp3) is 0.562. The number of aromatic nitrogens is 2. The largest absolute Gasteiger partial charge is 0.374 e. The van der Waals surface area contributed by atoms with E-state index in [1.54, 1.807) is 6.07 Å². The average Bonchev–Trinajstić information content (AvgIpc) is 3.02. The zero-order chi connectivity index (χ0) is 17.5. The molecule has 2 aromatic rings. The molecule has 1 atom stereocenters. The number of ether oxygens (including phenoxy) is 1. The van der Waals surface area contributed by atoms with Crippen LogP contribution in [0.25, 0.3) is 0 Å². The first kappa shape index (κ1) is 17.6. The molecule has 6 nitrogen and oxygen atoms in total. The van der Waals surface area contributed by atoms with Crippen LogP contribution in [0.15, 0.2) is 16.3 Å². The Labute approximate surface area is 147 Å². The molecule has 24 heavy (non-hydrogen) atoms. The molecule has 0 saturated carbocycles. The molecule has 132 valence electrons. The van der Waals surface area contributed by atoms with Gasteiger partial charge < -0.3 is 4.74 Å². The Bertz CT molecular complexity index is 819. The number of hydrogen-bond donors (Lipinski definition) is 0. The molecular weight excluding hydrogens is 346 g/mol. The van der Waals surface area contributed by atoms with Crippen LogP contribution >= 0.6 is 11.3 Å². The van der Waals surface area contributed by atoms with E-state index in [0.29, 0.717) is 30.5 Å². The number of rotatable bonds is 4. The third kappa shape index (κ3) is 3.42. The SMILES string of the molecule is Cc1cc(C)n(CC2CN(S(=O)(=O)c3cc(C)c(C)s3)CCO2)n1. The minimum Gasteiger partial charge on any atom is -0.374 e. The Morgan fingerprint density at radius 1 is 1.29 bits per heavy atom. The molecule has 0 radical (unpaired) electrons. The van der Waals surface area contributed by atoms with Gasteiger partial charge in [0.1, 0.15) is 4.21 Å². The first-order valence-corrected chi connectivity index (χ1v) is 10.2. The van der Waals surface area contributed by atoms with Crippen LogP contribution in [-0.4, -0.2) is 48.3 Å². The number of hydrogen-bond acceptors (Lipinski definition) is 5. The molecule has 3 heterocycles. The van der Waals surface area contributed by atoms with E-state index in [9.17, 15) is 8.42 Å². The molecule has 1 fully saturated rings. The summed E-state index contributed by atoms with van der Waals surface area (Å²) in [6, 6.07) is 3.77. The summed E-state index contributed by atoms with van der Waals surface area (Å²) in [5.74, 6) is 0. The van der Waals surface area contributed by atoms with Crippen LogP contribution in [0.1, 0.15) is 21.8 Å². The van der Waals surface area contributed by atoms with Crippen molar-refractivity contribution in [2.75, 3.05) is 19.7 Å². The second-order valence-electron chi connectivity index (χ2n) is 6.27. The van der Waals surface area contributed by atoms with E-state index in [-0.39, 0.29) is 6.10 Å². The predicted octanol–water partition coefficient (Wildman–Crippen LogP) is 2.27. The zero-order valence-corrected chi connectivity index (χ0v) is 16.1. The number of sulfonamides is 1. The van der Waals surface area contributed by atoms with Crippen LogP contribution in [0.5, 0.6) is 0 Å². The number of morpholine rings is 1. The van der Waals surface area contributed by atoms with Crippen molar-refractivity contribution in [1.82, 2.24) is 14.1 Å². The van der Waals surface area contributed by atoms with Crippen LogP contribution in [0.3, 0.4) is 0 Å². The van der Waals surface area contributed by atoms with Gasteiger partial charge in [-0.2, -0.15) is 9.40 Å². The van der Waals surface area contributed by atoms with Crippen LogP contribution in [0, 0.1) is 27.7 Å². The van der Waals surface area contributed by atoms with Crippen molar-refractivity contribution in [2.24, 2.45) is 0 Å². The van der Waals surface area contributed by atoms with Crippen LogP contribution in [0.4, 0.5) is 0 Å². The normalized spacial score (nSPS) is 19.8. The van der Waals surface area contributed by atoms with E-state index < -0.39 is 10.0 Å². The maximum Gasteiger partial charge on any atom is 0.252 e. The molecule has 1 aliphatic rings. The summed E-state index contributed by atoms with van der Waals surface area (Å²) in [5, 5.41) is 4.44. The lowest BCUT2D eigenvalue weighted by Gasteiger charge is -2.32. The Hall–Kier alpha value is -1.22. The summed E-state index contributed by atoms with van der Waals surface area (Å²) in [7, 11) is -3.45. The van der Waals surface area contributed by atoms with Crippen LogP contribution in [-0.2, 0) is 21.3 Å². The lowest BCUT2D eigenvalue weighted by atomic mass is 10.3. The minimum absolute atomic E-state index is 0.186. The fourth-order valence-electron chi connectivity index (χ4n) is 2.87. The molecule has 8 heteroatoms. The Morgan fingerprint density at radius 3 is 2.62 bits per heavy atom. The monoisotopic (exact) mass is 369 g/mol. The van der Waals surface area contributed by atoms with Gasteiger partial charge in [-0.3, -0.25) is 4.68 Å². The predicted molar refractivity (Wildman–Crippen MR) is 94.0 cm³/mol. The van der Waals surface area contributed by atoms with Crippen molar-refractivity contribution in [3.8, 4) is 0 Å². The van der Waals surface area contributed by atoms with Gasteiger partial charge in [0.15, 0.2) is 0 Å². The number of thiophene rings is 1. The van der Waals surface area contributed by atoms with Crippen LogP contribution in [0.2, 0.25) is 0 Å². The molecular formula is C16H23N3O3S2. The smallest absolute Gasteiger partial charge is 0.252 e. The summed E-state index contributed by atoms with van der Waals surface area (Å²) < 4.78 is 35.4. The highest BCUT2D eigenvalue weighted by molar-refractivity contribution is 7.91. The van der Waals surface area contributed by atoms with Gasteiger partial charge in [-0.1, -0.05) is 0 Å². The van der Waals surface area contributed by atoms with E-state index in [2.05, 4.69) is 5.10 Å². The van der Waals surface area contributed by atoms with Crippen molar-refractivity contribution in [1.29, 1.82) is 0 Å². The second-order valence-corrected chi connectivity index (χ2v) is 9.69. The molecule has 0 spiro atoms. The summed E-state index contributed by atoms with van der Waals surface area (Å²) in [6.45, 7) is 9.56. The summed E-state index contributed by atoms with van der Waals surface area (Å²) >= 11 is 1.34. The molecule has 0 bridgehead atoms. The third-order valence-electron chi connectivity index (χ3n) is 4.32. The van der Waals surface area contributed by atoms with Crippen molar-refractivity contribution >= 4 is 21.4 Å². The lowest BCUT2D eigenvalue weighted by Crippen LogP contribution is -2.46. The minimum atomic E-state index is -3.45. The van der Waals surface area contributed by atoms with Crippen LogP contribution < -0.4 is 0 Å². The highest BCUT2D eigenvalue weighted by Crippen LogP contribution is 2.28. The maximum atomic E-state index is 12.9. The van der Waals surface area contributed by atoms with Gasteiger partial charge in [0.2, 0.25) is 0 Å². The molecule has 1 aliphatic heterocycles. The van der Waals surface area contributed by atoms with Gasteiger partial charge in [-0.15, -0.1) is 11.3 Å². The molecule has 0 amide bonds. The van der Waals surface area contributed by atoms with E-state index in [1.165, 1.54) is 15.6 Å². The third-order valence-corrected chi connectivity index (χ3v) is 7.79. The first-order chi connectivity index (χ1) is 11.3. The first-order valence-electron chi connectivity index (χ1n) is 7.97. The molecule has 0 aliphatic carbocycles. The molecule has 1 saturated heterocycles. The van der Waals surface area contributed by atoms with Gasteiger partial charge >= 0.3 is 0 Å². The number of aryl methyl sites for hydroxylation is 4. The molecule has 3 rings (SSSR count). The van der Waals surface area contributed by atoms with Gasteiger partial charge in [0.25, 0.3) is 10.0 Å². The number of nitrogens with zero attached hydrogens (tertiary/aromatic N) is 3. The maximum absolute atomic E-state index is 12.9. The van der Waals surface area contributed by atoms with E-state index in [1.807, 2.05) is 38.4 Å². The molecule has 2 aromatic heterocycles. The topological polar surface area (TPSA) is 64.4 Å². The van der Waals surface area contributed by atoms with Crippen molar-refractivity contribution in [2.45, 2.75) is 44.6 Å². The molecule has 1 unspecified atom stereocenters. The second kappa shape index (κ2) is 6.59. The van der Waals surface area contributed by atoms with Crippen molar-refractivity contribution in [3.63, 3.8) is 0 Å². The van der Waals surface area contributed by atoms with Crippen molar-refractivity contribution in [3.05, 3.63) is 34.0 Å². The van der Waals surface area contributed by atoms with Crippen molar-refractivity contribution < 1.29 is 13.2 Å². The standard InChI is InChI=1S/C16H23N3O3S2/c1-11-7-16(23-14(11)4)24(20,21)18-5-6-22-15(9-18)10-19-13(3)8-12(2)17-19/h7-8,15H,5-6,9-10H2,1-4H3. The lowest BCUT2D eigenvalue weighted by molar-refractivity contribution is -0.0122. The van der Waals surface area contributed by atoms with Gasteiger partial charge in [-0.25, -0.2) is 8.42 Å². The Balaban J connectivity index is 1.76. The average molecular weight is 370 g/mol. The fourth-order valence-corrected chi connectivity index (χ4v) is 5.99.